The van der Waals surface area contributed by atoms with Crippen molar-refractivity contribution in [3.63, 3.8) is 0 Å². The van der Waals surface area contributed by atoms with E-state index in [1.807, 2.05) is 60.1 Å². The maximum atomic E-state index is 13.1. The molecular formula is C22H20N4O2S. The van der Waals surface area contributed by atoms with Gasteiger partial charge in [0.2, 0.25) is 11.8 Å². The molecule has 2 amide bonds. The van der Waals surface area contributed by atoms with Gasteiger partial charge in [-0.1, -0.05) is 48.2 Å². The topological polar surface area (TPSA) is 58.4 Å². The zero-order valence-electron chi connectivity index (χ0n) is 16.0. The molecule has 146 valence electrons. The molecular weight excluding hydrogens is 384 g/mol. The van der Waals surface area contributed by atoms with Crippen LogP contribution in [0, 0.1) is 6.92 Å². The van der Waals surface area contributed by atoms with Crippen LogP contribution in [0.15, 0.2) is 59.6 Å². The number of benzene rings is 2. The number of aryl methyl sites for hydroxylation is 1. The lowest BCUT2D eigenvalue weighted by Gasteiger charge is -2.29. The second-order valence-electron chi connectivity index (χ2n) is 7.18. The summed E-state index contributed by atoms with van der Waals surface area (Å²) in [6, 6.07) is 17.8. The van der Waals surface area contributed by atoms with Gasteiger partial charge in [0, 0.05) is 12.2 Å². The molecule has 2 aliphatic rings. The number of aromatic nitrogens is 2. The summed E-state index contributed by atoms with van der Waals surface area (Å²) in [6.45, 7) is 2.58. The molecule has 0 atom stereocenters. The van der Waals surface area contributed by atoms with Gasteiger partial charge in [-0.3, -0.25) is 14.5 Å². The average Bonchev–Trinajstić information content (AvgIpc) is 3.32. The fourth-order valence-corrected chi connectivity index (χ4v) is 5.08. The van der Waals surface area contributed by atoms with Crippen LogP contribution < -0.4 is 9.80 Å². The third kappa shape index (κ3) is 3.02. The van der Waals surface area contributed by atoms with E-state index >= 15 is 0 Å². The molecule has 0 saturated carbocycles. The van der Waals surface area contributed by atoms with Crippen LogP contribution in [0.2, 0.25) is 0 Å². The smallest absolute Gasteiger partial charge is 0.247 e. The number of hydrogen-bond acceptors (Lipinski definition) is 4. The zero-order valence-corrected chi connectivity index (χ0v) is 16.9. The Morgan fingerprint density at radius 2 is 1.86 bits per heavy atom. The highest BCUT2D eigenvalue weighted by Gasteiger charge is 2.34. The van der Waals surface area contributed by atoms with Crippen molar-refractivity contribution < 1.29 is 9.59 Å². The normalized spacial score (nSPS) is 15.4. The fraction of sp³-hybridized carbons (Fsp3) is 0.227. The summed E-state index contributed by atoms with van der Waals surface area (Å²) >= 11 is 1.48. The van der Waals surface area contributed by atoms with Crippen LogP contribution >= 0.6 is 11.8 Å². The summed E-state index contributed by atoms with van der Waals surface area (Å²) in [7, 11) is 0. The molecule has 3 aromatic rings. The molecule has 2 aromatic carbocycles. The van der Waals surface area contributed by atoms with E-state index in [0.29, 0.717) is 12.3 Å². The van der Waals surface area contributed by atoms with Crippen LogP contribution in [0.4, 0.5) is 11.4 Å². The van der Waals surface area contributed by atoms with Gasteiger partial charge in [-0.25, -0.2) is 4.68 Å². The summed E-state index contributed by atoms with van der Waals surface area (Å²) in [5, 5.41) is 5.57. The van der Waals surface area contributed by atoms with Crippen molar-refractivity contribution in [3.8, 4) is 5.69 Å². The molecule has 6 nitrogen and oxygen atoms in total. The molecule has 0 unspecified atom stereocenters. The van der Waals surface area contributed by atoms with Crippen molar-refractivity contribution in [2.24, 2.45) is 0 Å². The van der Waals surface area contributed by atoms with Crippen LogP contribution in [0.25, 0.3) is 5.69 Å². The highest BCUT2D eigenvalue weighted by molar-refractivity contribution is 8.00. The number of hydrogen-bond donors (Lipinski definition) is 0. The Morgan fingerprint density at radius 1 is 1.10 bits per heavy atom. The summed E-state index contributed by atoms with van der Waals surface area (Å²) in [4.78, 5) is 29.3. The third-order valence-electron chi connectivity index (χ3n) is 5.37. The zero-order chi connectivity index (χ0) is 20.0. The standard InChI is InChI=1S/C22H20N4O2S/c1-15-21-22(26(23-15)17-8-3-2-4-9-17)29-14-20(28)25(21)13-19(27)24-12-11-16-7-5-6-10-18(16)24/h2-10H,11-14H2,1H3. The molecule has 1 aromatic heterocycles. The molecule has 0 bridgehead atoms. The molecule has 0 saturated heterocycles. The Labute approximate surface area is 173 Å². The van der Waals surface area contributed by atoms with Crippen molar-refractivity contribution in [2.45, 2.75) is 18.4 Å². The van der Waals surface area contributed by atoms with E-state index in [1.54, 1.807) is 9.80 Å². The van der Waals surface area contributed by atoms with E-state index in [-0.39, 0.29) is 18.4 Å². The van der Waals surface area contributed by atoms with Crippen LogP contribution in [-0.2, 0) is 16.0 Å². The van der Waals surface area contributed by atoms with Gasteiger partial charge in [-0.15, -0.1) is 0 Å². The first-order valence-corrected chi connectivity index (χ1v) is 10.6. The van der Waals surface area contributed by atoms with Gasteiger partial charge in [0.25, 0.3) is 0 Å². The van der Waals surface area contributed by atoms with Crippen LogP contribution in [0.1, 0.15) is 11.3 Å². The predicted octanol–water partition coefficient (Wildman–Crippen LogP) is 3.21. The minimum absolute atomic E-state index is 0.0298. The molecule has 7 heteroatoms. The number of rotatable bonds is 3. The molecule has 0 spiro atoms. The number of thioether (sulfide) groups is 1. The number of nitrogens with zero attached hydrogens (tertiary/aromatic N) is 4. The Morgan fingerprint density at radius 3 is 2.69 bits per heavy atom. The summed E-state index contributed by atoms with van der Waals surface area (Å²) in [5.74, 6) is 0.182. The van der Waals surface area contributed by atoms with E-state index in [9.17, 15) is 9.59 Å². The van der Waals surface area contributed by atoms with Crippen LogP contribution in [0.3, 0.4) is 0 Å². The van der Waals surface area contributed by atoms with Crippen molar-refractivity contribution in [1.82, 2.24) is 9.78 Å². The third-order valence-corrected chi connectivity index (χ3v) is 6.40. The van der Waals surface area contributed by atoms with Gasteiger partial charge >= 0.3 is 0 Å². The summed E-state index contributed by atoms with van der Waals surface area (Å²) in [6.07, 6.45) is 0.849. The van der Waals surface area contributed by atoms with E-state index in [0.717, 1.165) is 34.2 Å². The molecule has 0 N–H and O–H groups in total. The first-order chi connectivity index (χ1) is 14.1. The number of amides is 2. The Hall–Kier alpha value is -3.06. The van der Waals surface area contributed by atoms with E-state index in [2.05, 4.69) is 11.2 Å². The van der Waals surface area contributed by atoms with Gasteiger partial charge in [-0.05, 0) is 37.1 Å². The molecule has 5 rings (SSSR count). The van der Waals surface area contributed by atoms with E-state index in [1.165, 1.54) is 17.3 Å². The van der Waals surface area contributed by atoms with Crippen molar-refractivity contribution in [1.29, 1.82) is 0 Å². The number of anilines is 2. The Kier molecular flexibility index (Phi) is 4.39. The minimum atomic E-state index is -0.0620. The molecule has 0 radical (unpaired) electrons. The van der Waals surface area contributed by atoms with E-state index in [4.69, 9.17) is 0 Å². The predicted molar refractivity (Wildman–Crippen MR) is 114 cm³/mol. The highest BCUT2D eigenvalue weighted by atomic mass is 32.2. The second-order valence-corrected chi connectivity index (χ2v) is 8.14. The maximum Gasteiger partial charge on any atom is 0.247 e. The Balaban J connectivity index is 1.48. The van der Waals surface area contributed by atoms with Crippen LogP contribution in [-0.4, -0.2) is 40.4 Å². The maximum absolute atomic E-state index is 13.1. The summed E-state index contributed by atoms with van der Waals surface area (Å²) < 4.78 is 1.87. The first-order valence-electron chi connectivity index (χ1n) is 9.60. The van der Waals surface area contributed by atoms with Gasteiger partial charge in [-0.2, -0.15) is 5.10 Å². The number of fused-ring (bicyclic) bond motifs is 2. The Bertz CT molecular complexity index is 1110. The quantitative estimate of drug-likeness (QED) is 0.673. The van der Waals surface area contributed by atoms with Gasteiger partial charge in [0.15, 0.2) is 0 Å². The molecule has 2 aliphatic heterocycles. The first kappa shape index (κ1) is 18.0. The van der Waals surface area contributed by atoms with Crippen molar-refractivity contribution >= 4 is 35.0 Å². The average molecular weight is 404 g/mol. The number of carbonyl (C=O) groups excluding carboxylic acids is 2. The molecule has 29 heavy (non-hydrogen) atoms. The molecule has 0 fully saturated rings. The summed E-state index contributed by atoms with van der Waals surface area (Å²) in [5.41, 5.74) is 4.57. The lowest BCUT2D eigenvalue weighted by molar-refractivity contribution is -0.121. The van der Waals surface area contributed by atoms with Gasteiger partial charge in [0.1, 0.15) is 11.6 Å². The highest BCUT2D eigenvalue weighted by Crippen LogP contribution is 2.39. The lowest BCUT2D eigenvalue weighted by atomic mass is 10.2. The SMILES string of the molecule is Cc1nn(-c2ccccc2)c2c1N(CC(=O)N1CCc3ccccc31)C(=O)CS2. The monoisotopic (exact) mass is 404 g/mol. The largest absolute Gasteiger partial charge is 0.310 e. The van der Waals surface area contributed by atoms with E-state index < -0.39 is 0 Å². The lowest BCUT2D eigenvalue weighted by Crippen LogP contribution is -2.44. The number of carbonyl (C=O) groups is 2. The van der Waals surface area contributed by atoms with Crippen LogP contribution in [0.5, 0.6) is 0 Å². The van der Waals surface area contributed by atoms with Crippen molar-refractivity contribution in [2.75, 3.05) is 28.6 Å². The van der Waals surface area contributed by atoms with Gasteiger partial charge < -0.3 is 4.90 Å². The molecule has 0 aliphatic carbocycles. The van der Waals surface area contributed by atoms with Crippen molar-refractivity contribution in [3.05, 3.63) is 65.9 Å². The second kappa shape index (κ2) is 7.08. The fourth-order valence-electron chi connectivity index (χ4n) is 4.00. The minimum Gasteiger partial charge on any atom is -0.310 e. The molecule has 3 heterocycles. The van der Waals surface area contributed by atoms with Gasteiger partial charge in [0.05, 0.1) is 22.8 Å². The number of para-hydroxylation sites is 2.